The molecule has 78 valence electrons. The zero-order valence-corrected chi connectivity index (χ0v) is 9.56. The Morgan fingerprint density at radius 3 is 2.29 bits per heavy atom. The van der Waals surface area contributed by atoms with E-state index in [0.717, 1.165) is 6.07 Å². The Morgan fingerprint density at radius 2 is 1.86 bits per heavy atom. The van der Waals surface area contributed by atoms with Gasteiger partial charge in [0.2, 0.25) is 0 Å². The van der Waals surface area contributed by atoms with E-state index in [4.69, 9.17) is 16.7 Å². The normalized spacial score (nSPS) is 14.1. The number of hydrogen-bond donors (Lipinski definition) is 1. The average Bonchev–Trinajstić information content (AvgIpc) is 1.99. The maximum atomic E-state index is 12.1. The molecular weight excluding hydrogens is 331 g/mol. The molecule has 0 radical (unpaired) electrons. The fourth-order valence-corrected chi connectivity index (χ4v) is 2.04. The third-order valence-corrected chi connectivity index (χ3v) is 2.35. The second-order valence-electron chi connectivity index (χ2n) is 2.65. The SMILES string of the molecule is OC(c1cc(Cl)cc(I)c1)C(F)(F)F. The summed E-state index contributed by atoms with van der Waals surface area (Å²) in [5.74, 6) is 0. The molecule has 1 nitrogen and oxygen atoms in total. The second-order valence-corrected chi connectivity index (χ2v) is 4.33. The van der Waals surface area contributed by atoms with Crippen LogP contribution in [0.4, 0.5) is 13.2 Å². The van der Waals surface area contributed by atoms with E-state index in [1.807, 2.05) is 22.6 Å². The molecule has 0 bridgehead atoms. The van der Waals surface area contributed by atoms with E-state index in [-0.39, 0.29) is 10.6 Å². The van der Waals surface area contributed by atoms with Crippen LogP contribution in [-0.2, 0) is 0 Å². The fourth-order valence-electron chi connectivity index (χ4n) is 0.922. The summed E-state index contributed by atoms with van der Waals surface area (Å²) in [5.41, 5.74) is -0.241. The third kappa shape index (κ3) is 2.99. The molecule has 0 aliphatic heterocycles. The van der Waals surface area contributed by atoms with Crippen molar-refractivity contribution < 1.29 is 18.3 Å². The van der Waals surface area contributed by atoms with Gasteiger partial charge in [-0.15, -0.1) is 0 Å². The van der Waals surface area contributed by atoms with Crippen molar-refractivity contribution in [1.82, 2.24) is 0 Å². The van der Waals surface area contributed by atoms with Gasteiger partial charge < -0.3 is 5.11 Å². The molecule has 1 aromatic carbocycles. The molecular formula is C8H5ClF3IO. The van der Waals surface area contributed by atoms with E-state index in [0.29, 0.717) is 3.57 Å². The molecule has 6 heteroatoms. The van der Waals surface area contributed by atoms with Crippen LogP contribution in [0.15, 0.2) is 18.2 Å². The highest BCUT2D eigenvalue weighted by molar-refractivity contribution is 14.1. The van der Waals surface area contributed by atoms with Gasteiger partial charge in [0.1, 0.15) is 0 Å². The van der Waals surface area contributed by atoms with E-state index >= 15 is 0 Å². The summed E-state index contributed by atoms with van der Waals surface area (Å²) >= 11 is 7.39. The van der Waals surface area contributed by atoms with Crippen molar-refractivity contribution in [3.63, 3.8) is 0 Å². The second kappa shape index (κ2) is 4.24. The molecule has 0 saturated carbocycles. The Kier molecular flexibility index (Phi) is 3.65. The van der Waals surface area contributed by atoms with Crippen molar-refractivity contribution in [2.45, 2.75) is 12.3 Å². The van der Waals surface area contributed by atoms with Gasteiger partial charge in [0, 0.05) is 8.59 Å². The molecule has 1 aromatic rings. The zero-order valence-electron chi connectivity index (χ0n) is 6.65. The van der Waals surface area contributed by atoms with Gasteiger partial charge in [0.25, 0.3) is 0 Å². The molecule has 0 spiro atoms. The highest BCUT2D eigenvalue weighted by Crippen LogP contribution is 2.34. The molecule has 0 heterocycles. The van der Waals surface area contributed by atoms with Crippen LogP contribution >= 0.6 is 34.2 Å². The van der Waals surface area contributed by atoms with E-state index < -0.39 is 12.3 Å². The molecule has 0 amide bonds. The Balaban J connectivity index is 3.07. The van der Waals surface area contributed by atoms with Gasteiger partial charge in [0.05, 0.1) is 0 Å². The number of aliphatic hydroxyl groups excluding tert-OH is 1. The molecule has 1 unspecified atom stereocenters. The topological polar surface area (TPSA) is 20.2 Å². The summed E-state index contributed by atoms with van der Waals surface area (Å²) in [6, 6.07) is 3.85. The van der Waals surface area contributed by atoms with Gasteiger partial charge in [-0.1, -0.05) is 11.6 Å². The molecule has 1 atom stereocenters. The number of aliphatic hydroxyl groups is 1. The van der Waals surface area contributed by atoms with Gasteiger partial charge in [-0.2, -0.15) is 13.2 Å². The van der Waals surface area contributed by atoms with Crippen LogP contribution in [0.25, 0.3) is 0 Å². The molecule has 14 heavy (non-hydrogen) atoms. The Bertz CT molecular complexity index is 320. The lowest BCUT2D eigenvalue weighted by atomic mass is 10.1. The van der Waals surface area contributed by atoms with Crippen molar-refractivity contribution in [1.29, 1.82) is 0 Å². The molecule has 1 N–H and O–H groups in total. The Labute approximate surface area is 97.0 Å². The summed E-state index contributed by atoms with van der Waals surface area (Å²) in [6.45, 7) is 0. The van der Waals surface area contributed by atoms with Crippen LogP contribution in [0.5, 0.6) is 0 Å². The van der Waals surface area contributed by atoms with E-state index in [1.54, 1.807) is 0 Å². The van der Waals surface area contributed by atoms with E-state index in [1.165, 1.54) is 12.1 Å². The highest BCUT2D eigenvalue weighted by atomic mass is 127. The van der Waals surface area contributed by atoms with Crippen LogP contribution in [0.3, 0.4) is 0 Å². The van der Waals surface area contributed by atoms with Crippen LogP contribution in [0, 0.1) is 3.57 Å². The molecule has 0 saturated heterocycles. The van der Waals surface area contributed by atoms with Crippen LogP contribution < -0.4 is 0 Å². The average molecular weight is 336 g/mol. The third-order valence-electron chi connectivity index (χ3n) is 1.51. The smallest absolute Gasteiger partial charge is 0.379 e. The highest BCUT2D eigenvalue weighted by Gasteiger charge is 2.39. The standard InChI is InChI=1S/C8H5ClF3IO/c9-5-1-4(2-6(13)3-5)7(14)8(10,11)12/h1-3,7,14H. The lowest BCUT2D eigenvalue weighted by Crippen LogP contribution is -2.20. The van der Waals surface area contributed by atoms with Crippen molar-refractivity contribution in [3.05, 3.63) is 32.4 Å². The summed E-state index contributed by atoms with van der Waals surface area (Å²) in [7, 11) is 0. The van der Waals surface area contributed by atoms with Gasteiger partial charge in [-0.3, -0.25) is 0 Å². The summed E-state index contributed by atoms with van der Waals surface area (Å²) in [4.78, 5) is 0. The minimum Gasteiger partial charge on any atom is -0.379 e. The minimum absolute atomic E-state index is 0.176. The first kappa shape index (κ1) is 12.1. The number of benzene rings is 1. The first-order valence-corrected chi connectivity index (χ1v) is 4.97. The maximum absolute atomic E-state index is 12.1. The predicted molar refractivity (Wildman–Crippen MR) is 55.2 cm³/mol. The van der Waals surface area contributed by atoms with Crippen molar-refractivity contribution in [2.24, 2.45) is 0 Å². The van der Waals surface area contributed by atoms with Crippen molar-refractivity contribution in [2.75, 3.05) is 0 Å². The van der Waals surface area contributed by atoms with Gasteiger partial charge in [-0.05, 0) is 46.4 Å². The molecule has 0 aliphatic rings. The summed E-state index contributed by atoms with van der Waals surface area (Å²) in [6.07, 6.45) is -7.14. The Morgan fingerprint density at radius 1 is 1.29 bits per heavy atom. The molecule has 1 rings (SSSR count). The minimum atomic E-state index is -4.66. The van der Waals surface area contributed by atoms with Crippen LogP contribution in [0.2, 0.25) is 5.02 Å². The zero-order chi connectivity index (χ0) is 10.9. The first-order chi connectivity index (χ1) is 6.30. The summed E-state index contributed by atoms with van der Waals surface area (Å²) < 4.78 is 36.9. The molecule has 0 fully saturated rings. The lowest BCUT2D eigenvalue weighted by Gasteiger charge is -2.15. The lowest BCUT2D eigenvalue weighted by molar-refractivity contribution is -0.206. The quantitative estimate of drug-likeness (QED) is 0.778. The fraction of sp³-hybridized carbons (Fsp3) is 0.250. The number of halogens is 5. The van der Waals surface area contributed by atoms with Gasteiger partial charge in [-0.25, -0.2) is 0 Å². The van der Waals surface area contributed by atoms with Gasteiger partial charge >= 0.3 is 6.18 Å². The van der Waals surface area contributed by atoms with Gasteiger partial charge in [0.15, 0.2) is 6.10 Å². The first-order valence-electron chi connectivity index (χ1n) is 3.51. The summed E-state index contributed by atoms with van der Waals surface area (Å²) in [5, 5.41) is 9.10. The monoisotopic (exact) mass is 336 g/mol. The van der Waals surface area contributed by atoms with Crippen LogP contribution in [0.1, 0.15) is 11.7 Å². The predicted octanol–water partition coefficient (Wildman–Crippen LogP) is 3.54. The Hall–Kier alpha value is -0.0100. The molecule has 0 aromatic heterocycles. The van der Waals surface area contributed by atoms with Crippen LogP contribution in [-0.4, -0.2) is 11.3 Å². The number of rotatable bonds is 1. The number of hydrogen-bond acceptors (Lipinski definition) is 1. The maximum Gasteiger partial charge on any atom is 0.418 e. The largest absolute Gasteiger partial charge is 0.418 e. The number of alkyl halides is 3. The van der Waals surface area contributed by atoms with Crippen molar-refractivity contribution >= 4 is 34.2 Å². The van der Waals surface area contributed by atoms with E-state index in [2.05, 4.69) is 0 Å². The van der Waals surface area contributed by atoms with E-state index in [9.17, 15) is 13.2 Å². The van der Waals surface area contributed by atoms with Crippen molar-refractivity contribution in [3.8, 4) is 0 Å². The molecule has 0 aliphatic carbocycles.